The Labute approximate surface area is 96.8 Å². The molecule has 3 heteroatoms. The number of para-hydroxylation sites is 1. The Bertz CT molecular complexity index is 325. The number of ether oxygens (including phenoxy) is 1. The first-order valence-corrected chi connectivity index (χ1v) is 5.42. The molecule has 0 aliphatic heterocycles. The molecule has 1 atom stereocenters. The third-order valence-corrected chi connectivity index (χ3v) is 2.19. The van der Waals surface area contributed by atoms with Crippen molar-refractivity contribution < 1.29 is 9.84 Å². The minimum atomic E-state index is -0.500. The van der Waals surface area contributed by atoms with Gasteiger partial charge < -0.3 is 15.2 Å². The number of aliphatic hydroxyl groups is 1. The molecule has 0 heterocycles. The first kappa shape index (κ1) is 12.7. The van der Waals surface area contributed by atoms with Crippen molar-refractivity contribution in [1.29, 1.82) is 0 Å². The summed E-state index contributed by atoms with van der Waals surface area (Å²) in [6, 6.07) is 7.77. The van der Waals surface area contributed by atoms with E-state index in [4.69, 9.17) is 4.74 Å². The highest BCUT2D eigenvalue weighted by molar-refractivity contribution is 5.31. The van der Waals surface area contributed by atoms with E-state index in [9.17, 15) is 5.11 Å². The molecule has 0 amide bonds. The van der Waals surface area contributed by atoms with Gasteiger partial charge in [0.05, 0.1) is 0 Å². The molecule has 0 aromatic heterocycles. The van der Waals surface area contributed by atoms with Crippen molar-refractivity contribution in [2.45, 2.75) is 13.0 Å². The molecule has 0 aliphatic carbocycles. The van der Waals surface area contributed by atoms with Crippen LogP contribution in [0.5, 0.6) is 5.75 Å². The summed E-state index contributed by atoms with van der Waals surface area (Å²) in [6.07, 6.45) is 1.26. The van der Waals surface area contributed by atoms with Gasteiger partial charge in [0.25, 0.3) is 0 Å². The van der Waals surface area contributed by atoms with E-state index in [1.165, 1.54) is 0 Å². The number of hydrogen-bond acceptors (Lipinski definition) is 3. The Morgan fingerprint density at radius 1 is 1.50 bits per heavy atom. The van der Waals surface area contributed by atoms with Gasteiger partial charge in [-0.15, -0.1) is 6.58 Å². The molecule has 2 N–H and O–H groups in total. The summed E-state index contributed by atoms with van der Waals surface area (Å²) in [5.74, 6) is 0.824. The highest BCUT2D eigenvalue weighted by Crippen LogP contribution is 2.15. The van der Waals surface area contributed by atoms with Crippen molar-refractivity contribution >= 4 is 0 Å². The standard InChI is InChI=1S/C13H19NO2/c1-3-8-14-9-12(15)10-16-13-7-5-4-6-11(13)2/h3-7,12,14-15H,1,8-10H2,2H3. The molecular formula is C13H19NO2. The predicted octanol–water partition coefficient (Wildman–Crippen LogP) is 1.51. The third kappa shape index (κ3) is 4.47. The van der Waals surface area contributed by atoms with Gasteiger partial charge in [-0.3, -0.25) is 0 Å². The van der Waals surface area contributed by atoms with E-state index in [0.717, 1.165) is 11.3 Å². The van der Waals surface area contributed by atoms with Gasteiger partial charge in [0.1, 0.15) is 18.5 Å². The maximum Gasteiger partial charge on any atom is 0.122 e. The summed E-state index contributed by atoms with van der Waals surface area (Å²) < 4.78 is 5.51. The first-order valence-electron chi connectivity index (χ1n) is 5.42. The summed E-state index contributed by atoms with van der Waals surface area (Å²) in [5, 5.41) is 12.6. The first-order chi connectivity index (χ1) is 7.74. The third-order valence-electron chi connectivity index (χ3n) is 2.19. The normalized spacial score (nSPS) is 12.1. The lowest BCUT2D eigenvalue weighted by molar-refractivity contribution is 0.107. The molecule has 88 valence electrons. The molecule has 0 aliphatic rings. The van der Waals surface area contributed by atoms with Crippen LogP contribution < -0.4 is 10.1 Å². The number of benzene rings is 1. The van der Waals surface area contributed by atoms with E-state index in [1.807, 2.05) is 31.2 Å². The number of aliphatic hydroxyl groups excluding tert-OH is 1. The summed E-state index contributed by atoms with van der Waals surface area (Å²) in [5.41, 5.74) is 1.08. The molecule has 0 fully saturated rings. The fraction of sp³-hybridized carbons (Fsp3) is 0.385. The zero-order valence-corrected chi connectivity index (χ0v) is 9.65. The molecule has 0 radical (unpaired) electrons. The Morgan fingerprint density at radius 3 is 2.94 bits per heavy atom. The fourth-order valence-electron chi connectivity index (χ4n) is 1.32. The minimum Gasteiger partial charge on any atom is -0.491 e. The molecular weight excluding hydrogens is 202 g/mol. The molecule has 0 saturated heterocycles. The predicted molar refractivity (Wildman–Crippen MR) is 65.7 cm³/mol. The van der Waals surface area contributed by atoms with Crippen LogP contribution in [-0.4, -0.2) is 30.9 Å². The summed E-state index contributed by atoms with van der Waals surface area (Å²) in [4.78, 5) is 0. The average molecular weight is 221 g/mol. The van der Waals surface area contributed by atoms with Crippen LogP contribution in [0.4, 0.5) is 0 Å². The van der Waals surface area contributed by atoms with Gasteiger partial charge in [-0.05, 0) is 18.6 Å². The topological polar surface area (TPSA) is 41.5 Å². The summed E-state index contributed by atoms with van der Waals surface area (Å²) >= 11 is 0. The summed E-state index contributed by atoms with van der Waals surface area (Å²) in [7, 11) is 0. The highest BCUT2D eigenvalue weighted by atomic mass is 16.5. The SMILES string of the molecule is C=CCNCC(O)COc1ccccc1C. The van der Waals surface area contributed by atoms with Gasteiger partial charge >= 0.3 is 0 Å². The van der Waals surface area contributed by atoms with Crippen LogP contribution >= 0.6 is 0 Å². The monoisotopic (exact) mass is 221 g/mol. The van der Waals surface area contributed by atoms with Gasteiger partial charge in [-0.2, -0.15) is 0 Å². The molecule has 16 heavy (non-hydrogen) atoms. The molecule has 0 bridgehead atoms. The van der Waals surface area contributed by atoms with E-state index in [-0.39, 0.29) is 0 Å². The second-order valence-corrected chi connectivity index (χ2v) is 3.68. The number of hydrogen-bond donors (Lipinski definition) is 2. The number of rotatable bonds is 7. The largest absolute Gasteiger partial charge is 0.491 e. The molecule has 1 rings (SSSR count). The summed E-state index contributed by atoms with van der Waals surface area (Å²) in [6.45, 7) is 7.08. The van der Waals surface area contributed by atoms with Crippen molar-refractivity contribution in [2.75, 3.05) is 19.7 Å². The Balaban J connectivity index is 2.28. The van der Waals surface area contributed by atoms with Crippen LogP contribution in [0.1, 0.15) is 5.56 Å². The van der Waals surface area contributed by atoms with Crippen molar-refractivity contribution in [3.05, 3.63) is 42.5 Å². The molecule has 1 aromatic carbocycles. The smallest absolute Gasteiger partial charge is 0.122 e. The van der Waals surface area contributed by atoms with E-state index >= 15 is 0 Å². The molecule has 1 aromatic rings. The second kappa shape index (κ2) is 7.04. The van der Waals surface area contributed by atoms with Crippen LogP contribution in [0.3, 0.4) is 0 Å². The minimum absolute atomic E-state index is 0.301. The maximum absolute atomic E-state index is 9.61. The van der Waals surface area contributed by atoms with Gasteiger partial charge in [0, 0.05) is 13.1 Å². The van der Waals surface area contributed by atoms with E-state index in [0.29, 0.717) is 19.7 Å². The lowest BCUT2D eigenvalue weighted by atomic mass is 10.2. The van der Waals surface area contributed by atoms with Crippen LogP contribution in [-0.2, 0) is 0 Å². The van der Waals surface area contributed by atoms with E-state index < -0.39 is 6.10 Å². The van der Waals surface area contributed by atoms with Crippen molar-refractivity contribution in [3.63, 3.8) is 0 Å². The fourth-order valence-corrected chi connectivity index (χ4v) is 1.32. The van der Waals surface area contributed by atoms with Crippen molar-refractivity contribution in [2.24, 2.45) is 0 Å². The van der Waals surface area contributed by atoms with Gasteiger partial charge in [0.2, 0.25) is 0 Å². The van der Waals surface area contributed by atoms with Crippen molar-refractivity contribution in [1.82, 2.24) is 5.32 Å². The zero-order chi connectivity index (χ0) is 11.8. The van der Waals surface area contributed by atoms with Crippen molar-refractivity contribution in [3.8, 4) is 5.75 Å². The van der Waals surface area contributed by atoms with E-state index in [2.05, 4.69) is 11.9 Å². The van der Waals surface area contributed by atoms with E-state index in [1.54, 1.807) is 6.08 Å². The molecule has 1 unspecified atom stereocenters. The maximum atomic E-state index is 9.61. The lowest BCUT2D eigenvalue weighted by Crippen LogP contribution is -2.31. The Hall–Kier alpha value is -1.32. The van der Waals surface area contributed by atoms with Crippen LogP contribution in [0, 0.1) is 6.92 Å². The quantitative estimate of drug-likeness (QED) is 0.541. The zero-order valence-electron chi connectivity index (χ0n) is 9.65. The van der Waals surface area contributed by atoms with Gasteiger partial charge in [-0.25, -0.2) is 0 Å². The van der Waals surface area contributed by atoms with Crippen LogP contribution in [0.2, 0.25) is 0 Å². The molecule has 0 saturated carbocycles. The average Bonchev–Trinajstić information content (AvgIpc) is 2.28. The second-order valence-electron chi connectivity index (χ2n) is 3.68. The molecule has 0 spiro atoms. The Morgan fingerprint density at radius 2 is 2.25 bits per heavy atom. The van der Waals surface area contributed by atoms with Gasteiger partial charge in [-0.1, -0.05) is 24.3 Å². The molecule has 3 nitrogen and oxygen atoms in total. The number of aryl methyl sites for hydroxylation is 1. The highest BCUT2D eigenvalue weighted by Gasteiger charge is 2.05. The van der Waals surface area contributed by atoms with Crippen LogP contribution in [0.25, 0.3) is 0 Å². The lowest BCUT2D eigenvalue weighted by Gasteiger charge is -2.13. The van der Waals surface area contributed by atoms with Crippen LogP contribution in [0.15, 0.2) is 36.9 Å². The number of nitrogens with one attached hydrogen (secondary N) is 1. The Kier molecular flexibility index (Phi) is 5.61. The van der Waals surface area contributed by atoms with Gasteiger partial charge in [0.15, 0.2) is 0 Å².